The van der Waals surface area contributed by atoms with Crippen molar-refractivity contribution in [2.45, 2.75) is 42.8 Å². The number of rotatable bonds is 8. The van der Waals surface area contributed by atoms with Gasteiger partial charge in [-0.3, -0.25) is 0 Å². The number of thioether (sulfide) groups is 1. The van der Waals surface area contributed by atoms with Gasteiger partial charge in [0.2, 0.25) is 0 Å². The Morgan fingerprint density at radius 1 is 1.17 bits per heavy atom. The zero-order valence-corrected chi connectivity index (χ0v) is 20.1. The summed E-state index contributed by atoms with van der Waals surface area (Å²) in [4.78, 5) is 3.89. The number of aromatic nitrogens is 3. The van der Waals surface area contributed by atoms with E-state index in [4.69, 9.17) is 9.47 Å². The SMILES string of the molecule is C/C(=C\C1OCC(SC(C)C(O)(Cn2cncn2)c2ccc(F)cc2F)CO1)c1ccc(F)cc1. The molecular weight excluding hydrogens is 479 g/mol. The second-order valence-corrected chi connectivity index (χ2v) is 10.1. The Morgan fingerprint density at radius 3 is 2.49 bits per heavy atom. The topological polar surface area (TPSA) is 69.4 Å². The molecule has 0 bridgehead atoms. The summed E-state index contributed by atoms with van der Waals surface area (Å²) in [7, 11) is 0. The molecule has 1 N–H and O–H groups in total. The number of benzene rings is 2. The van der Waals surface area contributed by atoms with Crippen molar-refractivity contribution in [3.05, 3.63) is 89.8 Å². The number of hydrogen-bond donors (Lipinski definition) is 1. The van der Waals surface area contributed by atoms with Crippen molar-refractivity contribution in [1.29, 1.82) is 0 Å². The van der Waals surface area contributed by atoms with E-state index in [-0.39, 0.29) is 23.2 Å². The zero-order valence-electron chi connectivity index (χ0n) is 19.3. The number of aliphatic hydroxyl groups is 1. The van der Waals surface area contributed by atoms with Gasteiger partial charge in [0.1, 0.15) is 35.7 Å². The van der Waals surface area contributed by atoms with Crippen LogP contribution in [0.25, 0.3) is 5.57 Å². The lowest BCUT2D eigenvalue weighted by Gasteiger charge is -2.37. The summed E-state index contributed by atoms with van der Waals surface area (Å²) in [5.74, 6) is -1.86. The van der Waals surface area contributed by atoms with Crippen molar-refractivity contribution < 1.29 is 27.8 Å². The number of allylic oxidation sites excluding steroid dienone is 1. The summed E-state index contributed by atoms with van der Waals surface area (Å²) in [6.45, 7) is 4.29. The minimum absolute atomic E-state index is 0.0252. The molecule has 3 aromatic rings. The lowest BCUT2D eigenvalue weighted by Crippen LogP contribution is -2.43. The average Bonchev–Trinajstić information content (AvgIpc) is 3.33. The molecule has 4 rings (SSSR count). The molecule has 1 fully saturated rings. The maximum Gasteiger partial charge on any atom is 0.177 e. The highest BCUT2D eigenvalue weighted by atomic mass is 32.2. The van der Waals surface area contributed by atoms with Crippen molar-refractivity contribution in [2.75, 3.05) is 13.2 Å². The second kappa shape index (κ2) is 10.9. The Balaban J connectivity index is 1.43. The molecule has 1 aliphatic rings. The van der Waals surface area contributed by atoms with Gasteiger partial charge >= 0.3 is 0 Å². The summed E-state index contributed by atoms with van der Waals surface area (Å²) in [6, 6.07) is 9.30. The summed E-state index contributed by atoms with van der Waals surface area (Å²) >= 11 is 1.39. The lowest BCUT2D eigenvalue weighted by atomic mass is 9.90. The van der Waals surface area contributed by atoms with E-state index in [0.717, 1.165) is 23.3 Å². The fraction of sp³-hybridized carbons (Fsp3) is 0.360. The fourth-order valence-electron chi connectivity index (χ4n) is 3.92. The highest BCUT2D eigenvalue weighted by Crippen LogP contribution is 2.38. The van der Waals surface area contributed by atoms with Gasteiger partial charge in [0, 0.05) is 16.9 Å². The second-order valence-electron chi connectivity index (χ2n) is 8.43. The molecule has 186 valence electrons. The van der Waals surface area contributed by atoms with Crippen LogP contribution >= 0.6 is 11.8 Å². The van der Waals surface area contributed by atoms with Crippen molar-refractivity contribution in [1.82, 2.24) is 14.8 Å². The van der Waals surface area contributed by atoms with Crippen LogP contribution in [0, 0.1) is 17.5 Å². The van der Waals surface area contributed by atoms with Crippen LogP contribution in [0.1, 0.15) is 25.0 Å². The molecule has 1 aromatic heterocycles. The monoisotopic (exact) mass is 505 g/mol. The molecule has 6 nitrogen and oxygen atoms in total. The van der Waals surface area contributed by atoms with Crippen LogP contribution in [-0.2, 0) is 21.6 Å². The van der Waals surface area contributed by atoms with Gasteiger partial charge < -0.3 is 14.6 Å². The first-order valence-electron chi connectivity index (χ1n) is 11.1. The number of halogens is 3. The number of hydrogen-bond acceptors (Lipinski definition) is 6. The molecule has 2 unspecified atom stereocenters. The van der Waals surface area contributed by atoms with Crippen molar-refractivity contribution in [3.63, 3.8) is 0 Å². The molecule has 1 aliphatic heterocycles. The van der Waals surface area contributed by atoms with E-state index in [1.165, 1.54) is 47.3 Å². The molecule has 35 heavy (non-hydrogen) atoms. The van der Waals surface area contributed by atoms with Crippen molar-refractivity contribution in [2.24, 2.45) is 0 Å². The Kier molecular flexibility index (Phi) is 7.95. The molecule has 0 spiro atoms. The van der Waals surface area contributed by atoms with Gasteiger partial charge in [-0.1, -0.05) is 25.1 Å². The van der Waals surface area contributed by atoms with Crippen LogP contribution in [0.5, 0.6) is 0 Å². The van der Waals surface area contributed by atoms with Crippen LogP contribution < -0.4 is 0 Å². The highest BCUT2D eigenvalue weighted by molar-refractivity contribution is 8.00. The largest absolute Gasteiger partial charge is 0.382 e. The normalized spacial score (nSPS) is 21.5. The molecule has 2 heterocycles. The van der Waals surface area contributed by atoms with Gasteiger partial charge in [-0.25, -0.2) is 22.8 Å². The molecule has 0 aliphatic carbocycles. The van der Waals surface area contributed by atoms with Crippen LogP contribution in [0.2, 0.25) is 0 Å². The van der Waals surface area contributed by atoms with Gasteiger partial charge in [0.15, 0.2) is 6.29 Å². The minimum Gasteiger partial charge on any atom is -0.382 e. The Labute approximate surface area is 205 Å². The van der Waals surface area contributed by atoms with Crippen molar-refractivity contribution >= 4 is 17.3 Å². The third-order valence-corrected chi connectivity index (χ3v) is 7.37. The number of nitrogens with zero attached hydrogens (tertiary/aromatic N) is 3. The summed E-state index contributed by atoms with van der Waals surface area (Å²) in [6.07, 6.45) is 4.02. The summed E-state index contributed by atoms with van der Waals surface area (Å²) in [5, 5.41) is 15.0. The Hall–Kier alpha value is -2.66. The van der Waals surface area contributed by atoms with Crippen LogP contribution in [0.4, 0.5) is 13.2 Å². The van der Waals surface area contributed by atoms with Crippen LogP contribution in [-0.4, -0.2) is 49.9 Å². The third kappa shape index (κ3) is 6.13. The van der Waals surface area contributed by atoms with E-state index in [1.807, 2.05) is 13.0 Å². The smallest absolute Gasteiger partial charge is 0.177 e. The van der Waals surface area contributed by atoms with Crippen LogP contribution in [0.3, 0.4) is 0 Å². The van der Waals surface area contributed by atoms with E-state index in [2.05, 4.69) is 10.1 Å². The molecule has 0 radical (unpaired) electrons. The van der Waals surface area contributed by atoms with Crippen LogP contribution in [0.15, 0.2) is 61.2 Å². The molecule has 0 amide bonds. The highest BCUT2D eigenvalue weighted by Gasteiger charge is 2.41. The van der Waals surface area contributed by atoms with E-state index >= 15 is 0 Å². The average molecular weight is 506 g/mol. The van der Waals surface area contributed by atoms with E-state index < -0.39 is 28.8 Å². The molecule has 2 atom stereocenters. The first kappa shape index (κ1) is 25.4. The molecule has 1 saturated heterocycles. The predicted octanol–water partition coefficient (Wildman–Crippen LogP) is 4.55. The van der Waals surface area contributed by atoms with E-state index in [1.54, 1.807) is 19.1 Å². The van der Waals surface area contributed by atoms with Gasteiger partial charge in [-0.15, -0.1) is 11.8 Å². The Bertz CT molecular complexity index is 1150. The fourth-order valence-corrected chi connectivity index (χ4v) is 5.24. The zero-order chi connectivity index (χ0) is 25.0. The minimum atomic E-state index is -1.70. The molecule has 10 heteroatoms. The standard InChI is InChI=1S/C25H26F3N3O3S/c1-16(18-3-5-19(26)6-4-18)9-24-33-11-21(12-34-24)35-17(2)25(32,13-31-15-29-14-30-31)22-8-7-20(27)10-23(22)28/h3-10,14-15,17,21,24,32H,11-13H2,1-2H3/b16-9+. The van der Waals surface area contributed by atoms with Gasteiger partial charge in [0.05, 0.1) is 25.0 Å². The first-order chi connectivity index (χ1) is 16.7. The predicted molar refractivity (Wildman–Crippen MR) is 127 cm³/mol. The van der Waals surface area contributed by atoms with Crippen molar-refractivity contribution in [3.8, 4) is 0 Å². The van der Waals surface area contributed by atoms with E-state index in [0.29, 0.717) is 13.2 Å². The third-order valence-electron chi connectivity index (χ3n) is 5.91. The lowest BCUT2D eigenvalue weighted by molar-refractivity contribution is -0.146. The molecule has 0 saturated carbocycles. The maximum atomic E-state index is 14.7. The summed E-state index contributed by atoms with van der Waals surface area (Å²) in [5.41, 5.74) is 0.0287. The molecular formula is C25H26F3N3O3S. The van der Waals surface area contributed by atoms with E-state index in [9.17, 15) is 18.3 Å². The number of ether oxygens (including phenoxy) is 2. The first-order valence-corrected chi connectivity index (χ1v) is 12.0. The summed E-state index contributed by atoms with van der Waals surface area (Å²) < 4.78 is 54.5. The van der Waals surface area contributed by atoms with Gasteiger partial charge in [-0.2, -0.15) is 5.10 Å². The van der Waals surface area contributed by atoms with Gasteiger partial charge in [-0.05, 0) is 42.3 Å². The Morgan fingerprint density at radius 2 is 1.86 bits per heavy atom. The molecule has 2 aromatic carbocycles. The van der Waals surface area contributed by atoms with Gasteiger partial charge in [0.25, 0.3) is 0 Å². The maximum absolute atomic E-state index is 14.7. The quantitative estimate of drug-likeness (QED) is 0.485.